The summed E-state index contributed by atoms with van der Waals surface area (Å²) < 4.78 is 48.7. The topological polar surface area (TPSA) is 194 Å². The molecule has 7 rings (SSSR count). The molecule has 18 nitrogen and oxygen atoms in total. The van der Waals surface area contributed by atoms with Gasteiger partial charge in [-0.1, -0.05) is 44.2 Å². The molecule has 3 amide bonds. The summed E-state index contributed by atoms with van der Waals surface area (Å²) in [6.07, 6.45) is 2.91. The molecule has 2 aromatic heterocycles. The highest BCUT2D eigenvalue weighted by atomic mass is 32.1. The molecule has 380 valence electrons. The van der Waals surface area contributed by atoms with E-state index < -0.39 is 42.4 Å². The first kappa shape index (κ1) is 53.0. The predicted molar refractivity (Wildman–Crippen MR) is 263 cm³/mol. The SMILES string of the molecule is Cc1ncsc1-c1ccc(CNC(=O)[C@@H]2C[C@@H](O)CN2C(=O)[C@H](C(C)C)N2Cc3ccccc3C2=O)c(OCCOCCOCCOCCOCCOCCn2cc(B3OC(C)(C)C(C)(C)O3)cn2)c1. The van der Waals surface area contributed by atoms with Crippen molar-refractivity contribution in [3.05, 3.63) is 82.8 Å². The Morgan fingerprint density at radius 2 is 1.53 bits per heavy atom. The van der Waals surface area contributed by atoms with Gasteiger partial charge in [0.05, 0.1) is 106 Å². The molecule has 3 aliphatic heterocycles. The Hall–Kier alpha value is -4.77. The van der Waals surface area contributed by atoms with Crippen LogP contribution in [0.1, 0.15) is 75.1 Å². The molecule has 2 aromatic carbocycles. The number of nitrogens with one attached hydrogen (secondary N) is 1. The molecule has 0 unspecified atom stereocenters. The third-order valence-corrected chi connectivity index (χ3v) is 14.1. The van der Waals surface area contributed by atoms with Crippen LogP contribution in [0.25, 0.3) is 10.4 Å². The van der Waals surface area contributed by atoms with Crippen LogP contribution in [0.2, 0.25) is 0 Å². The van der Waals surface area contributed by atoms with E-state index in [2.05, 4.69) is 15.4 Å². The van der Waals surface area contributed by atoms with Crippen LogP contribution < -0.4 is 15.5 Å². The smallest absolute Gasteiger partial charge is 0.491 e. The Morgan fingerprint density at radius 3 is 2.14 bits per heavy atom. The van der Waals surface area contributed by atoms with E-state index in [1.165, 1.54) is 16.2 Å². The number of fused-ring (bicyclic) bond motifs is 1. The van der Waals surface area contributed by atoms with Crippen LogP contribution in [0.4, 0.5) is 0 Å². The van der Waals surface area contributed by atoms with Crippen LogP contribution in [0.5, 0.6) is 5.75 Å². The van der Waals surface area contributed by atoms with Gasteiger partial charge in [-0.15, -0.1) is 11.3 Å². The minimum absolute atomic E-state index is 0.00168. The molecule has 2 saturated heterocycles. The van der Waals surface area contributed by atoms with Crippen LogP contribution >= 0.6 is 11.3 Å². The van der Waals surface area contributed by atoms with Crippen LogP contribution in [0.15, 0.2) is 60.4 Å². The summed E-state index contributed by atoms with van der Waals surface area (Å²) >= 11 is 1.53. The molecular weight excluding hydrogens is 919 g/mol. The van der Waals surface area contributed by atoms with Crippen molar-refractivity contribution in [1.82, 2.24) is 29.9 Å². The van der Waals surface area contributed by atoms with E-state index in [0.29, 0.717) is 90.5 Å². The van der Waals surface area contributed by atoms with Gasteiger partial charge in [0.25, 0.3) is 5.91 Å². The molecule has 4 aromatic rings. The summed E-state index contributed by atoms with van der Waals surface area (Å²) in [5.41, 5.74) is 5.89. The number of likely N-dealkylation sites (tertiary alicyclic amines) is 1. The van der Waals surface area contributed by atoms with Crippen molar-refractivity contribution in [1.29, 1.82) is 0 Å². The number of thiazole rings is 1. The molecule has 2 N–H and O–H groups in total. The lowest BCUT2D eigenvalue weighted by atomic mass is 9.82. The van der Waals surface area contributed by atoms with Crippen LogP contribution in [0, 0.1) is 12.8 Å². The first-order chi connectivity index (χ1) is 33.6. The van der Waals surface area contributed by atoms with Crippen LogP contribution in [-0.4, -0.2) is 163 Å². The summed E-state index contributed by atoms with van der Waals surface area (Å²) in [5, 5.41) is 18.1. The third-order valence-electron chi connectivity index (χ3n) is 13.1. The molecule has 3 aliphatic rings. The van der Waals surface area contributed by atoms with Gasteiger partial charge in [0.1, 0.15) is 24.4 Å². The van der Waals surface area contributed by atoms with Gasteiger partial charge in [-0.3, -0.25) is 19.1 Å². The average Bonchev–Trinajstić information content (AvgIpc) is 4.17. The maximum absolute atomic E-state index is 14.2. The lowest BCUT2D eigenvalue weighted by molar-refractivity contribution is -0.143. The Balaban J connectivity index is 0.766. The fraction of sp³-hybridized carbons (Fsp3) is 0.580. The average molecular weight is 989 g/mol. The van der Waals surface area contributed by atoms with Gasteiger partial charge in [-0.05, 0) is 63.8 Å². The number of ether oxygens (including phenoxy) is 6. The standard InChI is InChI=1S/C50H69BN6O12S/c1-34(2)44(57-30-38-10-8-9-11-41(38)47(57)60)48(61)56-32-40(58)27-42(56)46(59)52-28-37-13-12-36(45-35(3)53-33-70-45)26-43(37)67-25-24-66-23-22-65-21-20-64-19-18-63-17-16-62-15-14-55-31-39(29-54-55)51-68-49(4,5)50(6,7)69-51/h8-13,26,29,31,33-34,40,42,44,58H,14-25,27-28,30,32H2,1-7H3,(H,52,59)/t40-,42+,44+/m1/s1. The first-order valence-electron chi connectivity index (χ1n) is 24.2. The number of aliphatic hydroxyl groups excluding tert-OH is 1. The zero-order valence-corrected chi connectivity index (χ0v) is 42.4. The molecule has 0 aliphatic carbocycles. The maximum Gasteiger partial charge on any atom is 0.498 e. The zero-order chi connectivity index (χ0) is 49.8. The van der Waals surface area contributed by atoms with Crippen molar-refractivity contribution in [3.63, 3.8) is 0 Å². The monoisotopic (exact) mass is 988 g/mol. The van der Waals surface area contributed by atoms with E-state index in [1.54, 1.807) is 22.7 Å². The largest absolute Gasteiger partial charge is 0.498 e. The minimum atomic E-state index is -0.907. The highest BCUT2D eigenvalue weighted by molar-refractivity contribution is 7.13. The summed E-state index contributed by atoms with van der Waals surface area (Å²) in [5.74, 6) is -0.611. The molecule has 0 radical (unpaired) electrons. The van der Waals surface area contributed by atoms with Crippen molar-refractivity contribution in [2.75, 3.05) is 79.2 Å². The Morgan fingerprint density at radius 1 is 0.900 bits per heavy atom. The Bertz CT molecular complexity index is 2340. The number of aliphatic hydroxyl groups is 1. The lowest BCUT2D eigenvalue weighted by Crippen LogP contribution is -2.55. The highest BCUT2D eigenvalue weighted by Crippen LogP contribution is 2.37. The summed E-state index contributed by atoms with van der Waals surface area (Å²) in [6.45, 7) is 19.4. The Labute approximate surface area is 415 Å². The number of aryl methyl sites for hydroxylation is 1. The fourth-order valence-corrected chi connectivity index (χ4v) is 9.37. The second kappa shape index (κ2) is 24.6. The fourth-order valence-electron chi connectivity index (χ4n) is 8.56. The number of hydrogen-bond donors (Lipinski definition) is 2. The maximum atomic E-state index is 14.2. The summed E-state index contributed by atoms with van der Waals surface area (Å²) in [7, 11) is -0.437. The van der Waals surface area contributed by atoms with E-state index in [0.717, 1.165) is 32.7 Å². The van der Waals surface area contributed by atoms with Crippen molar-refractivity contribution in [3.8, 4) is 16.2 Å². The van der Waals surface area contributed by atoms with Crippen molar-refractivity contribution in [2.24, 2.45) is 5.92 Å². The molecule has 0 bridgehead atoms. The van der Waals surface area contributed by atoms with Gasteiger partial charge in [-0.2, -0.15) is 5.10 Å². The van der Waals surface area contributed by atoms with Crippen molar-refractivity contribution >= 4 is 41.6 Å². The molecular formula is C50H69BN6O12S. The molecule has 3 atom stereocenters. The van der Waals surface area contributed by atoms with E-state index in [9.17, 15) is 19.5 Å². The quantitative estimate of drug-likeness (QED) is 0.0643. The number of carbonyl (C=O) groups is 3. The number of rotatable bonds is 27. The molecule has 70 heavy (non-hydrogen) atoms. The zero-order valence-electron chi connectivity index (χ0n) is 41.6. The Kier molecular flexibility index (Phi) is 18.6. The summed E-state index contributed by atoms with van der Waals surface area (Å²) in [6, 6.07) is 11.4. The van der Waals surface area contributed by atoms with E-state index in [4.69, 9.17) is 37.7 Å². The van der Waals surface area contributed by atoms with Crippen LogP contribution in [0.3, 0.4) is 0 Å². The van der Waals surface area contributed by atoms with E-state index in [1.807, 2.05) is 95.7 Å². The van der Waals surface area contributed by atoms with Gasteiger partial charge in [0.15, 0.2) is 0 Å². The van der Waals surface area contributed by atoms with E-state index in [-0.39, 0.29) is 43.8 Å². The number of amides is 3. The number of benzene rings is 2. The van der Waals surface area contributed by atoms with E-state index >= 15 is 0 Å². The molecule has 2 fully saturated rings. The highest BCUT2D eigenvalue weighted by Gasteiger charge is 2.52. The second-order valence-corrected chi connectivity index (χ2v) is 19.9. The number of hydrogen-bond acceptors (Lipinski definition) is 15. The number of carbonyl (C=O) groups excluding carboxylic acids is 3. The minimum Gasteiger partial charge on any atom is -0.491 e. The van der Waals surface area contributed by atoms with Gasteiger partial charge in [-0.25, -0.2) is 4.98 Å². The van der Waals surface area contributed by atoms with Gasteiger partial charge in [0, 0.05) is 55.0 Å². The molecule has 0 spiro atoms. The van der Waals surface area contributed by atoms with Gasteiger partial charge < -0.3 is 58.0 Å². The third kappa shape index (κ3) is 13.4. The normalized spacial score (nSPS) is 18.8. The van der Waals surface area contributed by atoms with Crippen LogP contribution in [-0.2, 0) is 62.2 Å². The lowest BCUT2D eigenvalue weighted by Gasteiger charge is -2.35. The predicted octanol–water partition coefficient (Wildman–Crippen LogP) is 4.03. The molecule has 5 heterocycles. The van der Waals surface area contributed by atoms with Crippen molar-refractivity contribution < 1.29 is 57.2 Å². The first-order valence-corrected chi connectivity index (χ1v) is 25.1. The molecule has 0 saturated carbocycles. The summed E-state index contributed by atoms with van der Waals surface area (Å²) in [4.78, 5) is 49.9. The van der Waals surface area contributed by atoms with Gasteiger partial charge in [0.2, 0.25) is 11.8 Å². The number of nitrogens with zero attached hydrogens (tertiary/aromatic N) is 5. The second-order valence-electron chi connectivity index (χ2n) is 19.0. The number of β-amino-alcohol motifs (C(OH)–C–C–N with tert-alkyl or cyclic N) is 1. The molecule has 20 heteroatoms. The van der Waals surface area contributed by atoms with Gasteiger partial charge >= 0.3 is 7.12 Å². The number of aromatic nitrogens is 3. The van der Waals surface area contributed by atoms with Crippen molar-refractivity contribution in [2.45, 2.75) is 104 Å².